The van der Waals surface area contributed by atoms with Crippen LogP contribution < -0.4 is 10.4 Å². The molecule has 0 N–H and O–H groups in total. The Bertz CT molecular complexity index is 720. The van der Waals surface area contributed by atoms with Gasteiger partial charge < -0.3 is 8.85 Å². The van der Waals surface area contributed by atoms with Gasteiger partial charge in [0.2, 0.25) is 0 Å². The number of hydrogen-bond donors (Lipinski definition) is 0. The predicted octanol–water partition coefficient (Wildman–Crippen LogP) is 3.03. The van der Waals surface area contributed by atoms with Crippen molar-refractivity contribution >= 4 is 18.9 Å². The summed E-state index contributed by atoms with van der Waals surface area (Å²) >= 11 is 0. The van der Waals surface area contributed by atoms with Crippen molar-refractivity contribution in [3.63, 3.8) is 0 Å². The maximum absolute atomic E-state index is 6.62. The van der Waals surface area contributed by atoms with Crippen LogP contribution in [-0.2, 0) is 8.85 Å². The smallest absolute Gasteiger partial charge is 0.385 e. The molecule has 23 heavy (non-hydrogen) atoms. The molecule has 0 radical (unpaired) electrons. The van der Waals surface area contributed by atoms with E-state index in [0.29, 0.717) is 6.61 Å². The van der Waals surface area contributed by atoms with Crippen LogP contribution in [0.1, 0.15) is 11.7 Å². The highest BCUT2D eigenvalue weighted by Gasteiger charge is 2.49. The minimum Gasteiger partial charge on any atom is -0.385 e. The molecule has 1 aliphatic heterocycles. The quantitative estimate of drug-likeness (QED) is 0.691. The second-order valence-electron chi connectivity index (χ2n) is 5.68. The molecule has 1 unspecified atom stereocenters. The number of benzene rings is 3. The van der Waals surface area contributed by atoms with Crippen molar-refractivity contribution in [2.75, 3.05) is 6.61 Å². The highest BCUT2D eigenvalue weighted by atomic mass is 28.4. The van der Waals surface area contributed by atoms with E-state index in [4.69, 9.17) is 8.85 Å². The van der Waals surface area contributed by atoms with Crippen molar-refractivity contribution in [3.8, 4) is 0 Å². The molecular formula is C20H18O2Si. The predicted molar refractivity (Wildman–Crippen MR) is 94.1 cm³/mol. The first kappa shape index (κ1) is 14.4. The SMILES string of the molecule is c1ccc(C2CO[Si](c3ccccc3)(c3ccccc3)O2)cc1. The van der Waals surface area contributed by atoms with E-state index >= 15 is 0 Å². The molecule has 0 bridgehead atoms. The summed E-state index contributed by atoms with van der Waals surface area (Å²) < 4.78 is 13.0. The zero-order chi connectivity index (χ0) is 15.5. The van der Waals surface area contributed by atoms with Gasteiger partial charge in [0.25, 0.3) is 0 Å². The van der Waals surface area contributed by atoms with E-state index in [1.807, 2.05) is 30.3 Å². The van der Waals surface area contributed by atoms with Crippen molar-refractivity contribution in [3.05, 3.63) is 96.6 Å². The van der Waals surface area contributed by atoms with Crippen LogP contribution in [0.4, 0.5) is 0 Å². The van der Waals surface area contributed by atoms with Gasteiger partial charge >= 0.3 is 8.56 Å². The molecule has 0 saturated carbocycles. The molecule has 3 heteroatoms. The monoisotopic (exact) mass is 318 g/mol. The molecule has 1 saturated heterocycles. The minimum atomic E-state index is -2.63. The number of hydrogen-bond acceptors (Lipinski definition) is 2. The van der Waals surface area contributed by atoms with E-state index in [1.54, 1.807) is 0 Å². The van der Waals surface area contributed by atoms with Crippen molar-refractivity contribution < 1.29 is 8.85 Å². The first-order chi connectivity index (χ1) is 11.4. The summed E-state index contributed by atoms with van der Waals surface area (Å²) in [6, 6.07) is 31.1. The Morgan fingerprint density at radius 3 is 1.65 bits per heavy atom. The lowest BCUT2D eigenvalue weighted by molar-refractivity contribution is 0.239. The second kappa shape index (κ2) is 6.12. The molecule has 2 nitrogen and oxygen atoms in total. The van der Waals surface area contributed by atoms with Crippen LogP contribution in [0.5, 0.6) is 0 Å². The van der Waals surface area contributed by atoms with Gasteiger partial charge in [-0.05, 0) is 15.9 Å². The molecule has 0 amide bonds. The Balaban J connectivity index is 1.77. The van der Waals surface area contributed by atoms with E-state index < -0.39 is 8.56 Å². The molecule has 1 aliphatic rings. The van der Waals surface area contributed by atoms with Crippen molar-refractivity contribution in [2.45, 2.75) is 6.10 Å². The Kier molecular flexibility index (Phi) is 3.83. The lowest BCUT2D eigenvalue weighted by Gasteiger charge is -2.25. The van der Waals surface area contributed by atoms with Crippen LogP contribution in [0, 0.1) is 0 Å². The van der Waals surface area contributed by atoms with Crippen molar-refractivity contribution in [1.29, 1.82) is 0 Å². The van der Waals surface area contributed by atoms with E-state index in [-0.39, 0.29) is 6.10 Å². The standard InChI is InChI=1S/C20H18O2Si/c1-4-10-17(11-5-1)20-16-21-23(22-20,18-12-6-2-7-13-18)19-14-8-3-9-15-19/h1-15,20H,16H2. The summed E-state index contributed by atoms with van der Waals surface area (Å²) in [7, 11) is -2.63. The molecule has 114 valence electrons. The maximum atomic E-state index is 6.62. The van der Waals surface area contributed by atoms with Crippen LogP contribution in [0.25, 0.3) is 0 Å². The molecular weight excluding hydrogens is 300 g/mol. The normalized spacial score (nSPS) is 19.6. The van der Waals surface area contributed by atoms with Crippen LogP contribution in [0.15, 0.2) is 91.0 Å². The zero-order valence-corrected chi connectivity index (χ0v) is 13.8. The second-order valence-corrected chi connectivity index (χ2v) is 8.59. The average molecular weight is 318 g/mol. The van der Waals surface area contributed by atoms with Gasteiger partial charge in [0.1, 0.15) is 0 Å². The summed E-state index contributed by atoms with van der Waals surface area (Å²) in [5, 5.41) is 2.31. The first-order valence-corrected chi connectivity index (χ1v) is 9.68. The van der Waals surface area contributed by atoms with E-state index in [9.17, 15) is 0 Å². The van der Waals surface area contributed by atoms with Crippen LogP contribution in [-0.4, -0.2) is 15.2 Å². The van der Waals surface area contributed by atoms with Crippen LogP contribution in [0.3, 0.4) is 0 Å². The molecule has 0 spiro atoms. The average Bonchev–Trinajstić information content (AvgIpc) is 3.11. The van der Waals surface area contributed by atoms with E-state index in [1.165, 1.54) is 5.56 Å². The van der Waals surface area contributed by atoms with Gasteiger partial charge in [-0.2, -0.15) is 0 Å². The van der Waals surface area contributed by atoms with Gasteiger partial charge in [0, 0.05) is 0 Å². The third-order valence-corrected chi connectivity index (χ3v) is 7.60. The summed E-state index contributed by atoms with van der Waals surface area (Å²) in [6.07, 6.45) is -0.0109. The molecule has 3 aromatic rings. The molecule has 0 aromatic heterocycles. The lowest BCUT2D eigenvalue weighted by Crippen LogP contribution is -2.60. The topological polar surface area (TPSA) is 18.5 Å². The largest absolute Gasteiger partial charge is 0.407 e. The summed E-state index contributed by atoms with van der Waals surface area (Å²) in [5.41, 5.74) is 1.17. The summed E-state index contributed by atoms with van der Waals surface area (Å²) in [6.45, 7) is 0.597. The van der Waals surface area contributed by atoms with Crippen LogP contribution >= 0.6 is 0 Å². The van der Waals surface area contributed by atoms with Crippen molar-refractivity contribution in [1.82, 2.24) is 0 Å². The lowest BCUT2D eigenvalue weighted by atomic mass is 10.1. The van der Waals surface area contributed by atoms with Crippen molar-refractivity contribution in [2.24, 2.45) is 0 Å². The number of rotatable bonds is 3. The van der Waals surface area contributed by atoms with Gasteiger partial charge in [-0.3, -0.25) is 0 Å². The highest BCUT2D eigenvalue weighted by molar-refractivity contribution is 6.92. The van der Waals surface area contributed by atoms with Gasteiger partial charge in [0.05, 0.1) is 12.7 Å². The fraction of sp³-hybridized carbons (Fsp3) is 0.100. The van der Waals surface area contributed by atoms with E-state index in [2.05, 4.69) is 60.7 Å². The first-order valence-electron chi connectivity index (χ1n) is 7.86. The molecule has 1 fully saturated rings. The summed E-state index contributed by atoms with van der Waals surface area (Å²) in [5.74, 6) is 0. The molecule has 3 aromatic carbocycles. The Hall–Kier alpha value is -2.20. The van der Waals surface area contributed by atoms with Gasteiger partial charge in [-0.25, -0.2) is 0 Å². The van der Waals surface area contributed by atoms with E-state index in [0.717, 1.165) is 10.4 Å². The molecule has 0 aliphatic carbocycles. The Morgan fingerprint density at radius 2 is 1.13 bits per heavy atom. The Morgan fingerprint density at radius 1 is 0.652 bits per heavy atom. The van der Waals surface area contributed by atoms with Gasteiger partial charge in [0.15, 0.2) is 0 Å². The fourth-order valence-corrected chi connectivity index (χ4v) is 6.34. The third-order valence-electron chi connectivity index (χ3n) is 4.23. The highest BCUT2D eigenvalue weighted by Crippen LogP contribution is 2.30. The van der Waals surface area contributed by atoms with Gasteiger partial charge in [-0.1, -0.05) is 91.0 Å². The molecule has 4 rings (SSSR count). The van der Waals surface area contributed by atoms with Crippen LogP contribution in [0.2, 0.25) is 0 Å². The maximum Gasteiger partial charge on any atom is 0.407 e. The fourth-order valence-electron chi connectivity index (χ4n) is 3.08. The van der Waals surface area contributed by atoms with Gasteiger partial charge in [-0.15, -0.1) is 0 Å². The molecule has 1 atom stereocenters. The molecule has 1 heterocycles. The summed E-state index contributed by atoms with van der Waals surface area (Å²) in [4.78, 5) is 0. The minimum absolute atomic E-state index is 0.0109. The third kappa shape index (κ3) is 2.63. The zero-order valence-electron chi connectivity index (χ0n) is 12.8. The Labute approximate surface area is 137 Å².